The quantitative estimate of drug-likeness (QED) is 0.808. The summed E-state index contributed by atoms with van der Waals surface area (Å²) in [5.74, 6) is -0.0865. The number of amides is 1. The van der Waals surface area contributed by atoms with Crippen LogP contribution in [0.1, 0.15) is 51.4 Å². The number of aromatic nitrogens is 1. The highest BCUT2D eigenvalue weighted by Gasteiger charge is 2.27. The molecular formula is C18H27N3O4S. The second-order valence-electron chi connectivity index (χ2n) is 7.16. The molecule has 1 aliphatic heterocycles. The van der Waals surface area contributed by atoms with Gasteiger partial charge in [0.05, 0.1) is 4.90 Å². The van der Waals surface area contributed by atoms with Gasteiger partial charge in [0.15, 0.2) is 0 Å². The number of pyridine rings is 1. The Morgan fingerprint density at radius 2 is 1.77 bits per heavy atom. The van der Waals surface area contributed by atoms with Gasteiger partial charge in [0, 0.05) is 44.4 Å². The summed E-state index contributed by atoms with van der Waals surface area (Å²) in [5, 5.41) is 3.02. The van der Waals surface area contributed by atoms with Gasteiger partial charge in [-0.05, 0) is 31.7 Å². The van der Waals surface area contributed by atoms with Gasteiger partial charge in [-0.3, -0.25) is 9.59 Å². The van der Waals surface area contributed by atoms with Crippen molar-refractivity contribution in [3.05, 3.63) is 28.7 Å². The zero-order chi connectivity index (χ0) is 18.6. The molecule has 8 heteroatoms. The van der Waals surface area contributed by atoms with Crippen molar-refractivity contribution in [1.82, 2.24) is 14.2 Å². The lowest BCUT2D eigenvalue weighted by Crippen LogP contribution is -2.37. The summed E-state index contributed by atoms with van der Waals surface area (Å²) in [6.45, 7) is 1.22. The number of hydrogen-bond acceptors (Lipinski definition) is 4. The first kappa shape index (κ1) is 19.1. The Hall–Kier alpha value is -1.67. The summed E-state index contributed by atoms with van der Waals surface area (Å²) >= 11 is 0. The standard InChI is InChI=1S/C18H27N3O4S/c22-17(19-15-6-2-1-3-7-15)10-13-20-14-16(8-9-18(20)23)26(24,25)21-11-4-5-12-21/h8-9,14-15H,1-7,10-13H2,(H,19,22). The highest BCUT2D eigenvalue weighted by atomic mass is 32.2. The van der Waals surface area contributed by atoms with E-state index in [9.17, 15) is 18.0 Å². The van der Waals surface area contributed by atoms with Crippen LogP contribution in [0.25, 0.3) is 0 Å². The SMILES string of the molecule is O=C(CCn1cc(S(=O)(=O)N2CCCC2)ccc1=O)NC1CCCCC1. The van der Waals surface area contributed by atoms with Gasteiger partial charge in [0.1, 0.15) is 0 Å². The number of carbonyl (C=O) groups is 1. The third-order valence-electron chi connectivity index (χ3n) is 5.21. The van der Waals surface area contributed by atoms with E-state index in [1.807, 2.05) is 0 Å². The second kappa shape index (κ2) is 8.35. The van der Waals surface area contributed by atoms with Gasteiger partial charge < -0.3 is 9.88 Å². The van der Waals surface area contributed by atoms with E-state index in [1.54, 1.807) is 0 Å². The van der Waals surface area contributed by atoms with Gasteiger partial charge in [-0.2, -0.15) is 4.31 Å². The summed E-state index contributed by atoms with van der Waals surface area (Å²) < 4.78 is 28.0. The predicted molar refractivity (Wildman–Crippen MR) is 98.3 cm³/mol. The van der Waals surface area contributed by atoms with Crippen molar-refractivity contribution < 1.29 is 13.2 Å². The van der Waals surface area contributed by atoms with Crippen LogP contribution in [0.5, 0.6) is 0 Å². The minimum atomic E-state index is -3.57. The molecule has 0 spiro atoms. The Labute approximate surface area is 154 Å². The number of aryl methyl sites for hydroxylation is 1. The first-order valence-corrected chi connectivity index (χ1v) is 10.9. The van der Waals surface area contributed by atoms with Crippen molar-refractivity contribution in [3.63, 3.8) is 0 Å². The van der Waals surface area contributed by atoms with E-state index in [4.69, 9.17) is 0 Å². The molecule has 2 heterocycles. The van der Waals surface area contributed by atoms with Crippen LogP contribution in [0.2, 0.25) is 0 Å². The Morgan fingerprint density at radius 1 is 1.08 bits per heavy atom. The molecule has 1 amide bonds. The van der Waals surface area contributed by atoms with E-state index in [0.29, 0.717) is 13.1 Å². The Kier molecular flexibility index (Phi) is 6.13. The molecule has 0 radical (unpaired) electrons. The molecule has 0 atom stereocenters. The van der Waals surface area contributed by atoms with Gasteiger partial charge in [0.25, 0.3) is 5.56 Å². The van der Waals surface area contributed by atoms with E-state index in [0.717, 1.165) is 38.5 Å². The van der Waals surface area contributed by atoms with Crippen LogP contribution in [-0.2, 0) is 21.4 Å². The third kappa shape index (κ3) is 4.54. The zero-order valence-electron chi connectivity index (χ0n) is 15.0. The van der Waals surface area contributed by atoms with Crippen LogP contribution in [0.4, 0.5) is 0 Å². The summed E-state index contributed by atoms with van der Waals surface area (Å²) in [7, 11) is -3.57. The fraction of sp³-hybridized carbons (Fsp3) is 0.667. The molecule has 7 nitrogen and oxygen atoms in total. The average Bonchev–Trinajstić information content (AvgIpc) is 3.17. The first-order valence-electron chi connectivity index (χ1n) is 9.47. The van der Waals surface area contributed by atoms with Crippen LogP contribution in [0, 0.1) is 0 Å². The lowest BCUT2D eigenvalue weighted by molar-refractivity contribution is -0.122. The molecule has 144 valence electrons. The normalized spacial score (nSPS) is 19.5. The molecule has 0 bridgehead atoms. The summed E-state index contributed by atoms with van der Waals surface area (Å²) in [6.07, 6.45) is 8.78. The number of carbonyl (C=O) groups excluding carboxylic acids is 1. The molecule has 1 saturated carbocycles. The van der Waals surface area contributed by atoms with Crippen molar-refractivity contribution in [3.8, 4) is 0 Å². The molecule has 3 rings (SSSR count). The second-order valence-corrected chi connectivity index (χ2v) is 9.10. The molecule has 1 aromatic rings. The summed E-state index contributed by atoms with van der Waals surface area (Å²) in [5.41, 5.74) is -0.296. The molecule has 1 N–H and O–H groups in total. The van der Waals surface area contributed by atoms with Gasteiger partial charge in [0.2, 0.25) is 15.9 Å². The van der Waals surface area contributed by atoms with Gasteiger partial charge in [-0.15, -0.1) is 0 Å². The lowest BCUT2D eigenvalue weighted by atomic mass is 9.95. The van der Waals surface area contributed by atoms with Crippen molar-refractivity contribution in [2.75, 3.05) is 13.1 Å². The summed E-state index contributed by atoms with van der Waals surface area (Å²) in [4.78, 5) is 24.3. The number of nitrogens with zero attached hydrogens (tertiary/aromatic N) is 2. The largest absolute Gasteiger partial charge is 0.353 e. The van der Waals surface area contributed by atoms with E-state index in [1.165, 1.54) is 33.6 Å². The minimum Gasteiger partial charge on any atom is -0.353 e. The topological polar surface area (TPSA) is 88.5 Å². The van der Waals surface area contributed by atoms with E-state index >= 15 is 0 Å². The molecule has 26 heavy (non-hydrogen) atoms. The van der Waals surface area contributed by atoms with Gasteiger partial charge in [-0.25, -0.2) is 8.42 Å². The van der Waals surface area contributed by atoms with E-state index in [2.05, 4.69) is 5.32 Å². The molecule has 2 fully saturated rings. The third-order valence-corrected chi connectivity index (χ3v) is 7.09. The van der Waals surface area contributed by atoms with Crippen molar-refractivity contribution in [2.24, 2.45) is 0 Å². The van der Waals surface area contributed by atoms with Crippen LogP contribution in [-0.4, -0.2) is 42.3 Å². The lowest BCUT2D eigenvalue weighted by Gasteiger charge is -2.22. The van der Waals surface area contributed by atoms with Crippen LogP contribution in [0.3, 0.4) is 0 Å². The summed E-state index contributed by atoms with van der Waals surface area (Å²) in [6, 6.07) is 2.85. The number of sulfonamides is 1. The smallest absolute Gasteiger partial charge is 0.250 e. The highest BCUT2D eigenvalue weighted by Crippen LogP contribution is 2.20. The molecular weight excluding hydrogens is 354 g/mol. The van der Waals surface area contributed by atoms with Crippen LogP contribution < -0.4 is 10.9 Å². The maximum atomic E-state index is 12.6. The van der Waals surface area contributed by atoms with Crippen LogP contribution in [0.15, 0.2) is 28.0 Å². The molecule has 1 aromatic heterocycles. The minimum absolute atomic E-state index is 0.0865. The predicted octanol–water partition coefficient (Wildman–Crippen LogP) is 1.47. The molecule has 1 saturated heterocycles. The fourth-order valence-electron chi connectivity index (χ4n) is 3.68. The van der Waals surface area contributed by atoms with E-state index < -0.39 is 10.0 Å². The monoisotopic (exact) mass is 381 g/mol. The van der Waals surface area contributed by atoms with Crippen molar-refractivity contribution in [1.29, 1.82) is 0 Å². The number of nitrogens with one attached hydrogen (secondary N) is 1. The van der Waals surface area contributed by atoms with Crippen LogP contribution >= 0.6 is 0 Å². The Balaban J connectivity index is 1.64. The van der Waals surface area contributed by atoms with Crippen molar-refractivity contribution >= 4 is 15.9 Å². The maximum absolute atomic E-state index is 12.6. The highest BCUT2D eigenvalue weighted by molar-refractivity contribution is 7.89. The number of hydrogen-bond donors (Lipinski definition) is 1. The molecule has 0 unspecified atom stereocenters. The number of rotatable bonds is 6. The fourth-order valence-corrected chi connectivity index (χ4v) is 5.22. The Bertz CT molecular complexity index is 791. The Morgan fingerprint density at radius 3 is 2.46 bits per heavy atom. The zero-order valence-corrected chi connectivity index (χ0v) is 15.8. The van der Waals surface area contributed by atoms with E-state index in [-0.39, 0.29) is 35.4 Å². The van der Waals surface area contributed by atoms with Gasteiger partial charge >= 0.3 is 0 Å². The molecule has 0 aromatic carbocycles. The maximum Gasteiger partial charge on any atom is 0.250 e. The molecule has 2 aliphatic rings. The van der Waals surface area contributed by atoms with Crippen molar-refractivity contribution in [2.45, 2.75) is 68.8 Å². The molecule has 1 aliphatic carbocycles. The average molecular weight is 381 g/mol. The van der Waals surface area contributed by atoms with Gasteiger partial charge in [-0.1, -0.05) is 19.3 Å². The first-order chi connectivity index (χ1) is 12.5.